The fraction of sp³-hybridized carbons (Fsp3) is 0.182. The summed E-state index contributed by atoms with van der Waals surface area (Å²) in [5.74, 6) is 0.586. The Morgan fingerprint density at radius 2 is 2.44 bits per heavy atom. The topological polar surface area (TPSA) is 79.9 Å². The summed E-state index contributed by atoms with van der Waals surface area (Å²) in [4.78, 5) is 12.4. The molecule has 0 aliphatic carbocycles. The van der Waals surface area contributed by atoms with Crippen molar-refractivity contribution in [3.05, 3.63) is 28.1 Å². The van der Waals surface area contributed by atoms with Crippen LogP contribution >= 0.6 is 11.3 Å². The van der Waals surface area contributed by atoms with E-state index in [9.17, 15) is 4.79 Å². The lowest BCUT2D eigenvalue weighted by Crippen LogP contribution is -2.11. The molecule has 0 bridgehead atoms. The van der Waals surface area contributed by atoms with Gasteiger partial charge in [-0.2, -0.15) is 10.4 Å². The summed E-state index contributed by atoms with van der Waals surface area (Å²) in [6, 6.07) is 3.60. The molecule has 0 unspecified atom stereocenters. The SMILES string of the molecule is COc1csc(C(=O)Nc2nn(C)cc2C#N)c1. The van der Waals surface area contributed by atoms with Crippen molar-refractivity contribution in [2.24, 2.45) is 7.05 Å². The van der Waals surface area contributed by atoms with Crippen LogP contribution in [0.25, 0.3) is 0 Å². The van der Waals surface area contributed by atoms with Gasteiger partial charge in [0.15, 0.2) is 5.82 Å². The molecule has 18 heavy (non-hydrogen) atoms. The fourth-order valence-electron chi connectivity index (χ4n) is 1.38. The maximum atomic E-state index is 11.9. The Labute approximate surface area is 107 Å². The summed E-state index contributed by atoms with van der Waals surface area (Å²) < 4.78 is 6.48. The molecule has 0 atom stereocenters. The van der Waals surface area contributed by atoms with Gasteiger partial charge in [-0.25, -0.2) is 0 Å². The number of nitrogens with one attached hydrogen (secondary N) is 1. The molecule has 2 heterocycles. The number of thiophene rings is 1. The number of hydrogen-bond donors (Lipinski definition) is 1. The minimum absolute atomic E-state index is 0.261. The number of methoxy groups -OCH3 is 1. The molecule has 0 fully saturated rings. The zero-order valence-electron chi connectivity index (χ0n) is 9.80. The van der Waals surface area contributed by atoms with E-state index in [0.717, 1.165) is 0 Å². The van der Waals surface area contributed by atoms with Crippen LogP contribution in [0.4, 0.5) is 5.82 Å². The third-order valence-corrected chi connectivity index (χ3v) is 3.12. The van der Waals surface area contributed by atoms with Gasteiger partial charge >= 0.3 is 0 Å². The number of anilines is 1. The van der Waals surface area contributed by atoms with Crippen molar-refractivity contribution in [1.29, 1.82) is 5.26 Å². The molecule has 6 nitrogen and oxygen atoms in total. The largest absolute Gasteiger partial charge is 0.496 e. The van der Waals surface area contributed by atoms with Gasteiger partial charge in [0.05, 0.1) is 12.0 Å². The first kappa shape index (κ1) is 12.1. The summed E-state index contributed by atoms with van der Waals surface area (Å²) in [5, 5.41) is 17.2. The van der Waals surface area contributed by atoms with Gasteiger partial charge in [0.25, 0.3) is 5.91 Å². The van der Waals surface area contributed by atoms with Crippen molar-refractivity contribution < 1.29 is 9.53 Å². The number of hydrogen-bond acceptors (Lipinski definition) is 5. The Morgan fingerprint density at radius 1 is 1.67 bits per heavy atom. The standard InChI is InChI=1S/C11H10N4O2S/c1-15-5-7(4-12)10(14-15)13-11(16)9-3-8(17-2)6-18-9/h3,5-6H,1-2H3,(H,13,14,16). The summed E-state index contributed by atoms with van der Waals surface area (Å²) in [7, 11) is 3.22. The summed E-state index contributed by atoms with van der Waals surface area (Å²) in [6.07, 6.45) is 1.55. The van der Waals surface area contributed by atoms with Crippen LogP contribution in [0.5, 0.6) is 5.75 Å². The lowest BCUT2D eigenvalue weighted by Gasteiger charge is -1.99. The molecule has 0 aliphatic rings. The van der Waals surface area contributed by atoms with Gasteiger partial charge in [-0.05, 0) is 0 Å². The molecule has 0 radical (unpaired) electrons. The zero-order chi connectivity index (χ0) is 13.1. The monoisotopic (exact) mass is 262 g/mol. The number of rotatable bonds is 3. The fourth-order valence-corrected chi connectivity index (χ4v) is 2.13. The predicted octanol–water partition coefficient (Wildman–Crippen LogP) is 1.61. The minimum atomic E-state index is -0.307. The molecule has 2 rings (SSSR count). The number of nitriles is 1. The number of carbonyl (C=O) groups is 1. The van der Waals surface area contributed by atoms with Crippen molar-refractivity contribution in [3.63, 3.8) is 0 Å². The first-order valence-electron chi connectivity index (χ1n) is 5.01. The third-order valence-electron chi connectivity index (χ3n) is 2.22. The van der Waals surface area contributed by atoms with Crippen LogP contribution in [0.1, 0.15) is 15.2 Å². The van der Waals surface area contributed by atoms with Gasteiger partial charge in [-0.3, -0.25) is 9.48 Å². The number of amides is 1. The molecule has 7 heteroatoms. The van der Waals surface area contributed by atoms with E-state index in [0.29, 0.717) is 16.2 Å². The molecule has 0 spiro atoms. The third kappa shape index (κ3) is 2.33. The van der Waals surface area contributed by atoms with Crippen LogP contribution in [0, 0.1) is 11.3 Å². The average molecular weight is 262 g/mol. The van der Waals surface area contributed by atoms with E-state index in [4.69, 9.17) is 10.00 Å². The van der Waals surface area contributed by atoms with E-state index in [2.05, 4.69) is 10.4 Å². The van der Waals surface area contributed by atoms with Gasteiger partial charge < -0.3 is 10.1 Å². The lowest BCUT2D eigenvalue weighted by molar-refractivity contribution is 0.103. The van der Waals surface area contributed by atoms with Crippen LogP contribution in [-0.4, -0.2) is 22.8 Å². The summed E-state index contributed by atoms with van der Waals surface area (Å²) in [6.45, 7) is 0. The van der Waals surface area contributed by atoms with E-state index in [1.54, 1.807) is 24.7 Å². The highest BCUT2D eigenvalue weighted by Gasteiger charge is 2.14. The van der Waals surface area contributed by atoms with E-state index in [-0.39, 0.29) is 11.7 Å². The second kappa shape index (κ2) is 4.89. The highest BCUT2D eigenvalue weighted by atomic mass is 32.1. The highest BCUT2D eigenvalue weighted by molar-refractivity contribution is 7.12. The molecule has 2 aromatic heterocycles. The molecule has 1 amide bonds. The van der Waals surface area contributed by atoms with Crippen molar-refractivity contribution >= 4 is 23.1 Å². The molecular weight excluding hydrogens is 252 g/mol. The molecule has 0 aliphatic heterocycles. The second-order valence-electron chi connectivity index (χ2n) is 3.48. The second-order valence-corrected chi connectivity index (χ2v) is 4.39. The molecule has 92 valence electrons. The van der Waals surface area contributed by atoms with Gasteiger partial charge in [-0.15, -0.1) is 11.3 Å². The Morgan fingerprint density at radius 3 is 3.06 bits per heavy atom. The average Bonchev–Trinajstić information content (AvgIpc) is 2.95. The first-order valence-corrected chi connectivity index (χ1v) is 5.89. The van der Waals surface area contributed by atoms with E-state index >= 15 is 0 Å². The number of carbonyl (C=O) groups excluding carboxylic acids is 1. The normalized spacial score (nSPS) is 9.83. The smallest absolute Gasteiger partial charge is 0.267 e. The summed E-state index contributed by atoms with van der Waals surface area (Å²) >= 11 is 1.27. The van der Waals surface area contributed by atoms with Gasteiger partial charge in [0.1, 0.15) is 17.4 Å². The van der Waals surface area contributed by atoms with Crippen LogP contribution in [0.2, 0.25) is 0 Å². The summed E-state index contributed by atoms with van der Waals surface area (Å²) in [5.41, 5.74) is 0.328. The Bertz CT molecular complexity index is 623. The van der Waals surface area contributed by atoms with Crippen molar-refractivity contribution in [2.45, 2.75) is 0 Å². The van der Waals surface area contributed by atoms with Crippen LogP contribution in [0.15, 0.2) is 17.6 Å². The van der Waals surface area contributed by atoms with Gasteiger partial charge in [0, 0.05) is 24.7 Å². The predicted molar refractivity (Wildman–Crippen MR) is 66.7 cm³/mol. The molecular formula is C11H10N4O2S. The van der Waals surface area contributed by atoms with E-state index in [1.807, 2.05) is 6.07 Å². The molecule has 2 aromatic rings. The van der Waals surface area contributed by atoms with Gasteiger partial charge in [0.2, 0.25) is 0 Å². The van der Waals surface area contributed by atoms with Crippen molar-refractivity contribution in [1.82, 2.24) is 9.78 Å². The minimum Gasteiger partial charge on any atom is -0.496 e. The van der Waals surface area contributed by atoms with Crippen LogP contribution in [0.3, 0.4) is 0 Å². The molecule has 0 saturated heterocycles. The van der Waals surface area contributed by atoms with E-state index < -0.39 is 0 Å². The number of ether oxygens (including phenoxy) is 1. The number of aryl methyl sites for hydroxylation is 1. The Balaban J connectivity index is 2.18. The lowest BCUT2D eigenvalue weighted by atomic mass is 10.3. The highest BCUT2D eigenvalue weighted by Crippen LogP contribution is 2.22. The zero-order valence-corrected chi connectivity index (χ0v) is 10.6. The van der Waals surface area contributed by atoms with Gasteiger partial charge in [-0.1, -0.05) is 0 Å². The molecule has 0 saturated carbocycles. The van der Waals surface area contributed by atoms with Crippen LogP contribution in [-0.2, 0) is 7.05 Å². The van der Waals surface area contributed by atoms with Crippen LogP contribution < -0.4 is 10.1 Å². The maximum absolute atomic E-state index is 11.9. The number of aromatic nitrogens is 2. The Kier molecular flexibility index (Phi) is 3.30. The molecule has 1 N–H and O–H groups in total. The van der Waals surface area contributed by atoms with Crippen molar-refractivity contribution in [3.8, 4) is 11.8 Å². The Hall–Kier alpha value is -2.33. The first-order chi connectivity index (χ1) is 8.63. The number of nitrogens with zero attached hydrogens (tertiary/aromatic N) is 3. The van der Waals surface area contributed by atoms with E-state index in [1.165, 1.54) is 23.1 Å². The van der Waals surface area contributed by atoms with Crippen molar-refractivity contribution in [2.75, 3.05) is 12.4 Å². The quantitative estimate of drug-likeness (QED) is 0.911. The molecule has 0 aromatic carbocycles. The maximum Gasteiger partial charge on any atom is 0.267 e.